The first-order valence-corrected chi connectivity index (χ1v) is 13.1. The number of nitrogen functional groups attached to an aromatic ring is 1. The quantitative estimate of drug-likeness (QED) is 0.248. The molecule has 0 fully saturated rings. The largest absolute Gasteiger partial charge is 0.397 e. The number of pyridine rings is 2. The molecular weight excluding hydrogens is 494 g/mol. The summed E-state index contributed by atoms with van der Waals surface area (Å²) in [7, 11) is 0. The van der Waals surface area contributed by atoms with Gasteiger partial charge < -0.3 is 16.0 Å². The second kappa shape index (κ2) is 9.36. The highest BCUT2D eigenvalue weighted by Crippen LogP contribution is 2.40. The molecule has 3 aromatic heterocycles. The molecule has 0 unspecified atom stereocenters. The zero-order chi connectivity index (χ0) is 27.2. The molecule has 1 amide bonds. The van der Waals surface area contributed by atoms with Gasteiger partial charge in [-0.3, -0.25) is 14.8 Å². The van der Waals surface area contributed by atoms with Crippen molar-refractivity contribution in [3.8, 4) is 16.8 Å². The molecule has 40 heavy (non-hydrogen) atoms. The van der Waals surface area contributed by atoms with E-state index in [4.69, 9.17) is 16.5 Å². The fraction of sp³-hybridized carbons (Fsp3) is 0.0294. The van der Waals surface area contributed by atoms with Crippen LogP contribution in [-0.4, -0.2) is 20.4 Å². The summed E-state index contributed by atoms with van der Waals surface area (Å²) >= 11 is 0. The Kier molecular flexibility index (Phi) is 5.53. The summed E-state index contributed by atoms with van der Waals surface area (Å²) in [6.45, 7) is 0. The first-order chi connectivity index (χ1) is 19.6. The molecule has 3 heterocycles. The van der Waals surface area contributed by atoms with Crippen LogP contribution in [-0.2, 0) is 6.42 Å². The van der Waals surface area contributed by atoms with Gasteiger partial charge >= 0.3 is 0 Å². The molecule has 0 atom stereocenters. The number of nitrogens with zero attached hydrogens (tertiary/aromatic N) is 3. The van der Waals surface area contributed by atoms with Crippen molar-refractivity contribution in [2.75, 3.05) is 5.73 Å². The van der Waals surface area contributed by atoms with Crippen LogP contribution in [0.5, 0.6) is 0 Å². The number of para-hydroxylation sites is 2. The third-order valence-electron chi connectivity index (χ3n) is 7.52. The molecule has 0 aliphatic carbocycles. The van der Waals surface area contributed by atoms with Gasteiger partial charge in [0.2, 0.25) is 5.91 Å². The summed E-state index contributed by atoms with van der Waals surface area (Å²) in [4.78, 5) is 21.6. The number of carbonyl (C=O) groups is 1. The third-order valence-corrected chi connectivity index (χ3v) is 7.52. The number of aromatic nitrogens is 3. The number of anilines is 1. The molecule has 192 valence electrons. The number of amides is 1. The van der Waals surface area contributed by atoms with Crippen molar-refractivity contribution in [3.05, 3.63) is 132 Å². The average molecular weight is 520 g/mol. The maximum atomic E-state index is 12.4. The molecule has 0 aliphatic rings. The molecule has 6 nitrogen and oxygen atoms in total. The van der Waals surface area contributed by atoms with Gasteiger partial charge in [0.1, 0.15) is 0 Å². The number of hydrogen-bond acceptors (Lipinski definition) is 4. The third kappa shape index (κ3) is 3.77. The Balaban J connectivity index is 1.50. The van der Waals surface area contributed by atoms with E-state index in [1.807, 2.05) is 60.8 Å². The number of nitrogens with two attached hydrogens (primary N) is 2. The molecule has 6 heteroatoms. The normalized spacial score (nSPS) is 11.4. The van der Waals surface area contributed by atoms with Crippen LogP contribution in [0.3, 0.4) is 0 Å². The fourth-order valence-corrected chi connectivity index (χ4v) is 5.69. The first kappa shape index (κ1) is 23.6. The van der Waals surface area contributed by atoms with E-state index in [0.717, 1.165) is 55.2 Å². The van der Waals surface area contributed by atoms with Crippen LogP contribution in [0.1, 0.15) is 21.6 Å². The molecule has 4 N–H and O–H groups in total. The SMILES string of the molecule is NC(=O)c1ccc(-n2c3ccccc3c3c(-c4cnc5ccccc5c4)cccc32)c(N)c1Cc1ccccn1. The van der Waals surface area contributed by atoms with Crippen LogP contribution >= 0.6 is 0 Å². The lowest BCUT2D eigenvalue weighted by molar-refractivity contribution is 0.0999. The lowest BCUT2D eigenvalue weighted by Gasteiger charge is -2.17. The summed E-state index contributed by atoms with van der Waals surface area (Å²) < 4.78 is 2.17. The molecule has 0 aliphatic heterocycles. The Bertz CT molecular complexity index is 2080. The molecule has 7 aromatic rings. The molecule has 4 aromatic carbocycles. The highest BCUT2D eigenvalue weighted by Gasteiger charge is 2.21. The van der Waals surface area contributed by atoms with Crippen LogP contribution in [0, 0.1) is 0 Å². The van der Waals surface area contributed by atoms with Crippen molar-refractivity contribution in [2.45, 2.75) is 6.42 Å². The summed E-state index contributed by atoms with van der Waals surface area (Å²) in [5, 5.41) is 3.30. The van der Waals surface area contributed by atoms with Crippen molar-refractivity contribution in [2.24, 2.45) is 5.73 Å². The van der Waals surface area contributed by atoms with Crippen molar-refractivity contribution in [1.29, 1.82) is 0 Å². The van der Waals surface area contributed by atoms with E-state index in [1.54, 1.807) is 12.3 Å². The molecule has 0 bridgehead atoms. The van der Waals surface area contributed by atoms with Gasteiger partial charge in [-0.15, -0.1) is 0 Å². The predicted octanol–water partition coefficient (Wildman–Crippen LogP) is 6.67. The highest BCUT2D eigenvalue weighted by atomic mass is 16.1. The Morgan fingerprint density at radius 1 is 0.800 bits per heavy atom. The van der Waals surface area contributed by atoms with Gasteiger partial charge in [-0.05, 0) is 59.7 Å². The van der Waals surface area contributed by atoms with Crippen LogP contribution < -0.4 is 11.5 Å². The van der Waals surface area contributed by atoms with E-state index in [1.165, 1.54) is 0 Å². The maximum Gasteiger partial charge on any atom is 0.249 e. The van der Waals surface area contributed by atoms with E-state index in [-0.39, 0.29) is 0 Å². The van der Waals surface area contributed by atoms with E-state index in [0.29, 0.717) is 23.2 Å². The Labute approximate surface area is 230 Å². The highest BCUT2D eigenvalue weighted by molar-refractivity contribution is 6.16. The zero-order valence-corrected chi connectivity index (χ0v) is 21.6. The van der Waals surface area contributed by atoms with Crippen LogP contribution in [0.2, 0.25) is 0 Å². The molecule has 0 saturated heterocycles. The van der Waals surface area contributed by atoms with E-state index in [2.05, 4.69) is 52.0 Å². The van der Waals surface area contributed by atoms with E-state index >= 15 is 0 Å². The van der Waals surface area contributed by atoms with Crippen LogP contribution in [0.15, 0.2) is 116 Å². The standard InChI is InChI=1S/C34H25N5O/c35-33-27(19-23-9-5-6-17-37-23)25(34(36)40)15-16-31(33)39-29-13-4-2-10-26(29)32-24(11-7-14-30(32)39)22-18-21-8-1-3-12-28(21)38-20-22/h1-18,20H,19,35H2,(H2,36,40). The minimum absolute atomic E-state index is 0.393. The number of carbonyl (C=O) groups excluding carboxylic acids is 1. The molecule has 0 radical (unpaired) electrons. The Morgan fingerprint density at radius 2 is 1.60 bits per heavy atom. The predicted molar refractivity (Wildman–Crippen MR) is 161 cm³/mol. The average Bonchev–Trinajstić information content (AvgIpc) is 3.33. The number of rotatable bonds is 5. The fourth-order valence-electron chi connectivity index (χ4n) is 5.69. The van der Waals surface area contributed by atoms with Crippen molar-refractivity contribution < 1.29 is 4.79 Å². The number of primary amides is 1. The minimum atomic E-state index is -0.516. The lowest BCUT2D eigenvalue weighted by atomic mass is 9.98. The summed E-state index contributed by atoms with van der Waals surface area (Å²) in [5.41, 5.74) is 21.0. The number of fused-ring (bicyclic) bond motifs is 4. The second-order valence-electron chi connectivity index (χ2n) is 9.86. The van der Waals surface area contributed by atoms with E-state index < -0.39 is 5.91 Å². The minimum Gasteiger partial charge on any atom is -0.397 e. The summed E-state index contributed by atoms with van der Waals surface area (Å²) in [6.07, 6.45) is 4.06. The number of benzene rings is 4. The zero-order valence-electron chi connectivity index (χ0n) is 21.6. The van der Waals surface area contributed by atoms with Crippen LogP contribution in [0.25, 0.3) is 49.5 Å². The summed E-state index contributed by atoms with van der Waals surface area (Å²) in [6, 6.07) is 34.3. The smallest absolute Gasteiger partial charge is 0.249 e. The molecule has 0 spiro atoms. The van der Waals surface area contributed by atoms with Gasteiger partial charge in [-0.2, -0.15) is 0 Å². The molecular formula is C34H25N5O. The van der Waals surface area contributed by atoms with Gasteiger partial charge in [-0.1, -0.05) is 54.6 Å². The molecule has 0 saturated carbocycles. The second-order valence-corrected chi connectivity index (χ2v) is 9.86. The lowest BCUT2D eigenvalue weighted by Crippen LogP contribution is -2.17. The van der Waals surface area contributed by atoms with Gasteiger partial charge in [0.15, 0.2) is 0 Å². The Hall–Kier alpha value is -5.49. The topological polar surface area (TPSA) is 99.8 Å². The summed E-state index contributed by atoms with van der Waals surface area (Å²) in [5.74, 6) is -0.516. The van der Waals surface area contributed by atoms with Gasteiger partial charge in [-0.25, -0.2) is 0 Å². The molecule has 7 rings (SSSR count). The maximum absolute atomic E-state index is 12.4. The van der Waals surface area contributed by atoms with Crippen molar-refractivity contribution >= 4 is 44.3 Å². The van der Waals surface area contributed by atoms with Crippen LogP contribution in [0.4, 0.5) is 5.69 Å². The monoisotopic (exact) mass is 519 g/mol. The van der Waals surface area contributed by atoms with E-state index in [9.17, 15) is 4.79 Å². The Morgan fingerprint density at radius 3 is 2.45 bits per heavy atom. The van der Waals surface area contributed by atoms with Gasteiger partial charge in [0.25, 0.3) is 0 Å². The van der Waals surface area contributed by atoms with Gasteiger partial charge in [0, 0.05) is 51.8 Å². The van der Waals surface area contributed by atoms with Crippen molar-refractivity contribution in [3.63, 3.8) is 0 Å². The number of hydrogen-bond donors (Lipinski definition) is 2. The van der Waals surface area contributed by atoms with Crippen molar-refractivity contribution in [1.82, 2.24) is 14.5 Å². The van der Waals surface area contributed by atoms with Gasteiger partial charge in [0.05, 0.1) is 27.9 Å². The first-order valence-electron chi connectivity index (χ1n) is 13.1.